The Bertz CT molecular complexity index is 581. The Morgan fingerprint density at radius 1 is 0.533 bits per heavy atom. The third-order valence-electron chi connectivity index (χ3n) is 7.15. The summed E-state index contributed by atoms with van der Waals surface area (Å²) >= 11 is 4.77. The smallest absolute Gasteiger partial charge is 0.301 e. The van der Waals surface area contributed by atoms with E-state index in [0.717, 1.165) is 13.1 Å². The van der Waals surface area contributed by atoms with Crippen molar-refractivity contribution >= 4 is 29.7 Å². The second kappa shape index (κ2) is 7.91. The minimum atomic E-state index is -2.27. The molecule has 0 unspecified atom stereocenters. The zero-order valence-electron chi connectivity index (χ0n) is 22.6. The highest BCUT2D eigenvalue weighted by atomic mass is 79.9. The van der Waals surface area contributed by atoms with Gasteiger partial charge in [0.15, 0.2) is 0 Å². The maximum atomic E-state index is 4.77. The fraction of sp³-hybridized carbons (Fsp3) is 1.00. The quantitative estimate of drug-likeness (QED) is 0.344. The van der Waals surface area contributed by atoms with Gasteiger partial charge in [0.2, 0.25) is 7.91 Å². The number of halogens is 1. The standard InChI is InChI=1S/C23H51BrN4Si2/c1-19(2)29(25(20(3,4)5)15-16-26(29)21(6,7)8)30(24)27(22(9,10)11)17-18-28(30)23(12,13)14/h19H,15-18H2,1-14H3. The number of hydrogen-bond donors (Lipinski definition) is 0. The molecule has 2 fully saturated rings. The summed E-state index contributed by atoms with van der Waals surface area (Å²) < 4.78 is 11.9. The van der Waals surface area contributed by atoms with E-state index in [9.17, 15) is 0 Å². The first-order chi connectivity index (χ1) is 13.1. The maximum absolute atomic E-state index is 4.77. The van der Waals surface area contributed by atoms with Crippen molar-refractivity contribution in [1.29, 1.82) is 0 Å². The van der Waals surface area contributed by atoms with Crippen LogP contribution in [0, 0.1) is 0 Å². The van der Waals surface area contributed by atoms with E-state index in [1.54, 1.807) is 0 Å². The summed E-state index contributed by atoms with van der Waals surface area (Å²) in [7, 11) is -2.20. The summed E-state index contributed by atoms with van der Waals surface area (Å²) in [6.07, 6.45) is 0. The predicted octanol–water partition coefficient (Wildman–Crippen LogP) is 5.68. The molecule has 2 aliphatic heterocycles. The summed E-state index contributed by atoms with van der Waals surface area (Å²) in [6.45, 7) is 36.8. The lowest BCUT2D eigenvalue weighted by atomic mass is 10.1. The highest BCUT2D eigenvalue weighted by Crippen LogP contribution is 2.54. The zero-order valence-corrected chi connectivity index (χ0v) is 26.2. The van der Waals surface area contributed by atoms with E-state index in [1.165, 1.54) is 13.1 Å². The van der Waals surface area contributed by atoms with Gasteiger partial charge in [0.05, 0.1) is 0 Å². The van der Waals surface area contributed by atoms with Gasteiger partial charge in [0.25, 0.3) is 0 Å². The first kappa shape index (κ1) is 27.0. The molecule has 0 aliphatic carbocycles. The fourth-order valence-electron chi connectivity index (χ4n) is 6.31. The van der Waals surface area contributed by atoms with E-state index in [2.05, 4.69) is 115 Å². The van der Waals surface area contributed by atoms with Crippen LogP contribution >= 0.6 is 15.3 Å². The summed E-state index contributed by atoms with van der Waals surface area (Å²) in [6, 6.07) is 0. The van der Waals surface area contributed by atoms with Crippen molar-refractivity contribution in [3.05, 3.63) is 0 Å². The normalized spacial score (nSPS) is 25.6. The van der Waals surface area contributed by atoms with Crippen LogP contribution in [0.15, 0.2) is 0 Å². The van der Waals surface area contributed by atoms with Crippen LogP contribution in [-0.4, -0.2) is 81.0 Å². The van der Waals surface area contributed by atoms with Crippen molar-refractivity contribution in [1.82, 2.24) is 18.3 Å². The molecule has 0 amide bonds. The van der Waals surface area contributed by atoms with Gasteiger partial charge in [-0.05, 0) is 88.6 Å². The molecule has 0 atom stereocenters. The zero-order chi connectivity index (χ0) is 23.7. The van der Waals surface area contributed by atoms with Crippen LogP contribution < -0.4 is 0 Å². The summed E-state index contributed by atoms with van der Waals surface area (Å²) in [5.41, 5.74) is 1.21. The Hall–Kier alpha value is 0.754. The molecule has 0 saturated carbocycles. The van der Waals surface area contributed by atoms with Gasteiger partial charge in [-0.15, -0.1) is 0 Å². The largest absolute Gasteiger partial charge is 0.305 e. The van der Waals surface area contributed by atoms with Crippen LogP contribution in [0.3, 0.4) is 0 Å². The SMILES string of the molecule is CC(C)[Si]1([Si]2(Br)N(C(C)(C)C)CCN2C(C)(C)C)N(C(C)(C)C)CCN1C(C)(C)C. The monoisotopic (exact) mass is 518 g/mol. The first-order valence-electron chi connectivity index (χ1n) is 11.9. The van der Waals surface area contributed by atoms with Crippen LogP contribution in [0.1, 0.15) is 96.9 Å². The highest BCUT2D eigenvalue weighted by Gasteiger charge is 2.77. The van der Waals surface area contributed by atoms with E-state index < -0.39 is 14.4 Å². The molecule has 0 bridgehead atoms. The summed E-state index contributed by atoms with van der Waals surface area (Å²) in [5, 5.41) is 0. The molecule has 2 heterocycles. The molecule has 0 N–H and O–H groups in total. The van der Waals surface area contributed by atoms with Gasteiger partial charge in [-0.3, -0.25) is 9.13 Å². The van der Waals surface area contributed by atoms with Crippen molar-refractivity contribution in [3.63, 3.8) is 0 Å². The Balaban J connectivity index is 2.97. The van der Waals surface area contributed by atoms with Crippen molar-refractivity contribution in [2.45, 2.75) is 125 Å². The van der Waals surface area contributed by atoms with E-state index in [4.69, 9.17) is 15.3 Å². The molecule has 0 aromatic carbocycles. The average Bonchev–Trinajstić information content (AvgIpc) is 3.04. The lowest BCUT2D eigenvalue weighted by molar-refractivity contribution is 0.228. The van der Waals surface area contributed by atoms with E-state index in [0.29, 0.717) is 5.54 Å². The van der Waals surface area contributed by atoms with E-state index in [-0.39, 0.29) is 22.2 Å². The molecule has 0 radical (unpaired) electrons. The summed E-state index contributed by atoms with van der Waals surface area (Å²) in [5.74, 6) is 0. The Kier molecular flexibility index (Phi) is 7.12. The van der Waals surface area contributed by atoms with Gasteiger partial charge >= 0.3 is 6.53 Å². The Morgan fingerprint density at radius 2 is 0.767 bits per heavy atom. The molecule has 178 valence electrons. The second-order valence-electron chi connectivity index (χ2n) is 13.8. The average molecular weight is 520 g/mol. The number of hydrogen-bond acceptors (Lipinski definition) is 4. The van der Waals surface area contributed by atoms with Crippen molar-refractivity contribution in [2.75, 3.05) is 26.2 Å². The molecule has 2 aliphatic rings. The van der Waals surface area contributed by atoms with Gasteiger partial charge in [-0.25, -0.2) is 0 Å². The maximum Gasteiger partial charge on any atom is 0.301 e. The lowest BCUT2D eigenvalue weighted by Gasteiger charge is -2.64. The van der Waals surface area contributed by atoms with Crippen LogP contribution in [0.4, 0.5) is 0 Å². The van der Waals surface area contributed by atoms with Gasteiger partial charge in [0.1, 0.15) is 0 Å². The van der Waals surface area contributed by atoms with Crippen LogP contribution in [0.25, 0.3) is 0 Å². The fourth-order valence-corrected chi connectivity index (χ4v) is 40.1. The Morgan fingerprint density at radius 3 is 0.967 bits per heavy atom. The van der Waals surface area contributed by atoms with Crippen molar-refractivity contribution < 1.29 is 0 Å². The minimum Gasteiger partial charge on any atom is -0.305 e. The molecular weight excluding hydrogens is 468 g/mol. The van der Waals surface area contributed by atoms with Gasteiger partial charge in [-0.2, -0.15) is 0 Å². The minimum absolute atomic E-state index is 0.139. The molecule has 30 heavy (non-hydrogen) atoms. The lowest BCUT2D eigenvalue weighted by Crippen LogP contribution is -2.89. The Labute approximate surface area is 198 Å². The van der Waals surface area contributed by atoms with Crippen molar-refractivity contribution in [2.24, 2.45) is 0 Å². The van der Waals surface area contributed by atoms with Gasteiger partial charge < -0.3 is 9.13 Å². The van der Waals surface area contributed by atoms with Crippen molar-refractivity contribution in [3.8, 4) is 0 Å². The van der Waals surface area contributed by atoms with Crippen LogP contribution in [-0.2, 0) is 0 Å². The topological polar surface area (TPSA) is 13.0 Å². The highest BCUT2D eigenvalue weighted by molar-refractivity contribution is 9.27. The molecule has 4 nitrogen and oxygen atoms in total. The van der Waals surface area contributed by atoms with E-state index >= 15 is 0 Å². The van der Waals surface area contributed by atoms with Gasteiger partial charge in [-0.1, -0.05) is 29.1 Å². The second-order valence-corrected chi connectivity index (χ2v) is 29.5. The molecule has 0 aromatic heterocycles. The third-order valence-corrected chi connectivity index (χ3v) is 31.9. The molecular formula is C23H51BrN4Si2. The summed E-state index contributed by atoms with van der Waals surface area (Å²) in [4.78, 5) is 0. The number of nitrogens with zero attached hydrogens (tertiary/aromatic N) is 4. The predicted molar refractivity (Wildman–Crippen MR) is 141 cm³/mol. The third kappa shape index (κ3) is 4.07. The number of rotatable bonds is 2. The van der Waals surface area contributed by atoms with Crippen LogP contribution in [0.5, 0.6) is 0 Å². The van der Waals surface area contributed by atoms with Gasteiger partial charge in [0, 0.05) is 48.3 Å². The molecule has 0 aromatic rings. The van der Waals surface area contributed by atoms with Crippen LogP contribution in [0.2, 0.25) is 5.54 Å². The molecule has 7 heteroatoms. The first-order valence-corrected chi connectivity index (χ1v) is 19.1. The molecule has 2 rings (SSSR count). The molecule has 2 saturated heterocycles. The molecule has 0 spiro atoms. The van der Waals surface area contributed by atoms with E-state index in [1.807, 2.05) is 0 Å².